The highest BCUT2D eigenvalue weighted by Gasteiger charge is 2.22. The highest BCUT2D eigenvalue weighted by Crippen LogP contribution is 2.36. The lowest BCUT2D eigenvalue weighted by atomic mass is 10.1. The molecule has 0 aliphatic rings. The number of nitrogens with one attached hydrogen (secondary N) is 1. The number of likely N-dealkylation sites (N-methyl/N-ethyl adjacent to an activating group) is 3. The van der Waals surface area contributed by atoms with Crippen molar-refractivity contribution in [2.45, 2.75) is 41.9 Å². The van der Waals surface area contributed by atoms with Crippen molar-refractivity contribution in [1.82, 2.24) is 79.3 Å². The van der Waals surface area contributed by atoms with Crippen molar-refractivity contribution in [3.63, 3.8) is 0 Å². The second kappa shape index (κ2) is 39.5. The van der Waals surface area contributed by atoms with Gasteiger partial charge in [0.1, 0.15) is 88.0 Å². The summed E-state index contributed by atoms with van der Waals surface area (Å²) in [6.07, 6.45) is 13.9. The minimum absolute atomic E-state index is 0. The molecule has 546 valence electrons. The molecule has 0 radical (unpaired) electrons. The Bertz CT molecular complexity index is 4820. The number of aromatic nitrogens is 12. The molecule has 6 aromatic heterocycles. The molecule has 3 amide bonds. The quantitative estimate of drug-likeness (QED) is 0.0348. The number of carbonyl (C=O) groups is 3. The van der Waals surface area contributed by atoms with E-state index >= 15 is 0 Å². The van der Waals surface area contributed by atoms with Gasteiger partial charge in [0.15, 0.2) is 16.9 Å². The van der Waals surface area contributed by atoms with Crippen molar-refractivity contribution >= 4 is 68.3 Å². The summed E-state index contributed by atoms with van der Waals surface area (Å²) in [6.45, 7) is 4.10. The van der Waals surface area contributed by atoms with Crippen LogP contribution in [0.4, 0.5) is 17.5 Å². The molecule has 12 rings (SSSR count). The Morgan fingerprint density at radius 1 is 0.419 bits per heavy atom. The molecule has 0 unspecified atom stereocenters. The molecular formula is C78H91N19O8. The first-order valence-electron chi connectivity index (χ1n) is 32.5. The molecule has 0 aliphatic carbocycles. The number of hydrogen-bond donors (Lipinski definition) is 4. The zero-order valence-corrected chi connectivity index (χ0v) is 57.4. The molecule has 6 heterocycles. The Balaban J connectivity index is 0.000000217. The van der Waals surface area contributed by atoms with E-state index in [2.05, 4.69) is 35.2 Å². The molecule has 0 fully saturated rings. The normalized spacial score (nSPS) is 11.0. The maximum Gasteiger partial charge on any atom is 0.246 e. The summed E-state index contributed by atoms with van der Waals surface area (Å²) in [6, 6.07) is 51.6. The topological polar surface area (TPSA) is 328 Å². The summed E-state index contributed by atoms with van der Waals surface area (Å²) in [7, 11) is 10.6. The number of ether oxygens (including phenoxy) is 5. The number of benzene rings is 6. The number of amides is 3. The van der Waals surface area contributed by atoms with E-state index in [1.165, 1.54) is 31.1 Å². The number of carbonyl (C=O) groups excluding carboxylic acids is 3. The Hall–Kier alpha value is -12.7. The lowest BCUT2D eigenvalue weighted by molar-refractivity contribution is -0.125. The fourth-order valence-corrected chi connectivity index (χ4v) is 10.3. The van der Waals surface area contributed by atoms with Crippen LogP contribution in [0.25, 0.3) is 66.9 Å². The number of anilines is 3. The average molecular weight is 1420 g/mol. The van der Waals surface area contributed by atoms with Crippen molar-refractivity contribution in [1.29, 1.82) is 0 Å². The lowest BCUT2D eigenvalue weighted by Crippen LogP contribution is -2.29. The number of para-hydroxylation sites is 3. The molecule has 0 saturated carbocycles. The number of nitrogen functional groups attached to an aromatic ring is 3. The molecule has 105 heavy (non-hydrogen) atoms. The van der Waals surface area contributed by atoms with Crippen molar-refractivity contribution in [2.75, 3.05) is 99.0 Å². The fraction of sp³-hybridized carbons (Fsp3) is 0.231. The van der Waals surface area contributed by atoms with E-state index in [0.717, 1.165) is 39.7 Å². The molecule has 6 aromatic carbocycles. The first-order chi connectivity index (χ1) is 49.6. The molecule has 12 aromatic rings. The van der Waals surface area contributed by atoms with E-state index in [1.54, 1.807) is 70.4 Å². The van der Waals surface area contributed by atoms with Crippen LogP contribution in [0, 0.1) is 0 Å². The molecule has 0 spiro atoms. The lowest BCUT2D eigenvalue weighted by Gasteiger charge is -2.15. The highest BCUT2D eigenvalue weighted by molar-refractivity contribution is 6.00. The summed E-state index contributed by atoms with van der Waals surface area (Å²) in [5, 5.41) is 19.1. The van der Waals surface area contributed by atoms with Gasteiger partial charge in [-0.25, -0.2) is 43.9 Å². The minimum atomic E-state index is -0.202. The van der Waals surface area contributed by atoms with Crippen LogP contribution in [0.1, 0.15) is 22.3 Å². The number of nitrogens with zero attached hydrogens (tertiary/aromatic N) is 15. The molecule has 7 N–H and O–H groups in total. The van der Waals surface area contributed by atoms with E-state index in [-0.39, 0.29) is 40.0 Å². The van der Waals surface area contributed by atoms with Crippen LogP contribution < -0.4 is 36.7 Å². The maximum atomic E-state index is 12.4. The maximum absolute atomic E-state index is 12.4. The molecule has 0 atom stereocenters. The second-order valence-corrected chi connectivity index (χ2v) is 23.1. The van der Waals surface area contributed by atoms with E-state index < -0.39 is 0 Å². The first kappa shape index (κ1) is 79.6. The van der Waals surface area contributed by atoms with E-state index in [4.69, 9.17) is 56.2 Å². The van der Waals surface area contributed by atoms with Crippen molar-refractivity contribution in [2.24, 2.45) is 0 Å². The Labute approximate surface area is 611 Å². The van der Waals surface area contributed by atoms with Gasteiger partial charge in [0.25, 0.3) is 0 Å². The summed E-state index contributed by atoms with van der Waals surface area (Å²) in [5.41, 5.74) is 25.0. The predicted molar refractivity (Wildman–Crippen MR) is 413 cm³/mol. The first-order valence-corrected chi connectivity index (χ1v) is 32.5. The van der Waals surface area contributed by atoms with Gasteiger partial charge < -0.3 is 60.9 Å². The average Bonchev–Trinajstić information content (AvgIpc) is 1.64. The zero-order valence-electron chi connectivity index (χ0n) is 57.4. The number of nitrogens with two attached hydrogens (primary N) is 3. The van der Waals surface area contributed by atoms with E-state index in [1.807, 2.05) is 189 Å². The van der Waals surface area contributed by atoms with E-state index in [0.29, 0.717) is 138 Å². The van der Waals surface area contributed by atoms with Gasteiger partial charge >= 0.3 is 0 Å². The number of rotatable bonds is 27. The van der Waals surface area contributed by atoms with Crippen LogP contribution in [0.15, 0.2) is 219 Å². The molecule has 27 nitrogen and oxygen atoms in total. The van der Waals surface area contributed by atoms with Gasteiger partial charge in [0.2, 0.25) is 17.7 Å². The standard InChI is InChI=1S/C26H29N7O2.C25H26N6O3.C24H24N6O3.3CH4/c1-31(2)15-7-10-22(34)32(3)16-17-33-26-23(25(27)28-18-29-26)24(30-33)19-11-13-21(14-12-19)35-20-8-5-4-6-9-20;1-30(21(32)9-6-16-33-2)14-15-31-25-22(24(26)27-17-28-25)23(29-31)18-10-12-20(13-11-18)34-19-7-4-3-5-8-19;1-32-15-5-8-20(31)26-13-14-30-24-21(23(25)27-16-28-24)22(29-30)17-9-11-19(12-10-17)33-18-6-3-2-4-7-18;;;/h4-14,18H,15-17H2,1-3H3,(H2,27,28,29);3-13,17H,14-16H2,1-2H3,(H2,26,27,28);2-12,16H,13-15H2,1H3,(H,26,31)(H2,25,27,28);3*1H4/b10-7+;9-6+;8-5+;;;. The summed E-state index contributed by atoms with van der Waals surface area (Å²) >= 11 is 0. The van der Waals surface area contributed by atoms with Gasteiger partial charge in [-0.1, -0.05) is 95.1 Å². The highest BCUT2D eigenvalue weighted by atomic mass is 16.5. The van der Waals surface area contributed by atoms with Crippen LogP contribution >= 0.6 is 0 Å². The second-order valence-electron chi connectivity index (χ2n) is 23.1. The van der Waals surface area contributed by atoms with Crippen LogP contribution in [0.2, 0.25) is 0 Å². The third-order valence-corrected chi connectivity index (χ3v) is 15.5. The summed E-state index contributed by atoms with van der Waals surface area (Å²) in [5.74, 6) is 5.10. The monoisotopic (exact) mass is 1420 g/mol. The van der Waals surface area contributed by atoms with Crippen molar-refractivity contribution in [3.05, 3.63) is 219 Å². The van der Waals surface area contributed by atoms with Gasteiger partial charge in [-0.2, -0.15) is 15.3 Å². The van der Waals surface area contributed by atoms with Gasteiger partial charge in [-0.3, -0.25) is 14.4 Å². The van der Waals surface area contributed by atoms with E-state index in [9.17, 15) is 14.4 Å². The van der Waals surface area contributed by atoms with Crippen LogP contribution in [-0.2, 0) is 43.5 Å². The van der Waals surface area contributed by atoms with Gasteiger partial charge in [-0.15, -0.1) is 0 Å². The number of fused-ring (bicyclic) bond motifs is 3. The smallest absolute Gasteiger partial charge is 0.246 e. The van der Waals surface area contributed by atoms with Crippen molar-refractivity contribution < 1.29 is 38.1 Å². The SMILES string of the molecule is C.C.C.CN(C)C/C=C/C(=O)N(C)CCn1nc(-c2ccc(Oc3ccccc3)cc2)c2c(N)ncnc21.COC/C=C/C(=O)N(C)CCn1nc(-c2ccc(Oc3ccccc3)cc2)c2c(N)ncnc21.COC/C=C/C(=O)NCCn1nc(-c2ccc(Oc3ccccc3)cc2)c2c(N)ncnc21. The van der Waals surface area contributed by atoms with Gasteiger partial charge in [-0.05, 0) is 123 Å². The number of methoxy groups -OCH3 is 2. The molecule has 0 saturated heterocycles. The number of hydrogen-bond acceptors (Lipinski definition) is 21. The molecule has 27 heteroatoms. The Kier molecular flexibility index (Phi) is 29.9. The fourth-order valence-electron chi connectivity index (χ4n) is 10.3. The molecular weight excluding hydrogens is 1330 g/mol. The summed E-state index contributed by atoms with van der Waals surface area (Å²) < 4.78 is 32.7. The molecule has 0 aliphatic heterocycles. The predicted octanol–water partition coefficient (Wildman–Crippen LogP) is 12.1. The van der Waals surface area contributed by atoms with Crippen LogP contribution in [0.3, 0.4) is 0 Å². The third-order valence-electron chi connectivity index (χ3n) is 15.5. The Morgan fingerprint density at radius 3 is 1.07 bits per heavy atom. The Morgan fingerprint density at radius 2 is 0.733 bits per heavy atom. The summed E-state index contributed by atoms with van der Waals surface area (Å²) in [4.78, 5) is 67.4. The van der Waals surface area contributed by atoms with Crippen LogP contribution in [-0.4, -0.2) is 173 Å². The van der Waals surface area contributed by atoms with Crippen molar-refractivity contribution in [3.8, 4) is 68.3 Å². The van der Waals surface area contributed by atoms with Crippen LogP contribution in [0.5, 0.6) is 34.5 Å². The minimum Gasteiger partial charge on any atom is -0.457 e. The third kappa shape index (κ3) is 21.7. The van der Waals surface area contributed by atoms with Gasteiger partial charge in [0, 0.05) is 89.4 Å². The largest absolute Gasteiger partial charge is 0.457 e. The molecule has 0 bridgehead atoms. The van der Waals surface area contributed by atoms with Gasteiger partial charge in [0.05, 0.1) is 49.0 Å². The zero-order chi connectivity index (χ0) is 71.7.